The van der Waals surface area contributed by atoms with Crippen LogP contribution in [0.15, 0.2) is 34.7 Å². The molecule has 0 aliphatic heterocycles. The van der Waals surface area contributed by atoms with E-state index in [9.17, 15) is 32.5 Å². The summed E-state index contributed by atoms with van der Waals surface area (Å²) in [6, 6.07) is 7.34. The van der Waals surface area contributed by atoms with E-state index in [2.05, 4.69) is 10.4 Å². The minimum atomic E-state index is -3.19. The Hall–Kier alpha value is -3.92. The quantitative estimate of drug-likeness (QED) is 0.290. The standard InChI is InChI=1S/C18H10ClF4N5O4/c19-13-14(16(20)21)26-27(15(13)17(22)23)7-10-2-4-12(32-10)18(29)25-11-3-1-9(28(30)31)5-8(11)6-24/h1-5,16-17H,7H2,(H,25,29). The molecule has 0 aliphatic rings. The normalized spacial score (nSPS) is 11.1. The Morgan fingerprint density at radius 1 is 1.28 bits per heavy atom. The summed E-state index contributed by atoms with van der Waals surface area (Å²) >= 11 is 5.58. The number of amides is 1. The Morgan fingerprint density at radius 2 is 2.00 bits per heavy atom. The number of nitro groups is 1. The van der Waals surface area contributed by atoms with E-state index in [1.54, 1.807) is 6.07 Å². The first kappa shape index (κ1) is 22.8. The number of nitrogens with one attached hydrogen (secondary N) is 1. The van der Waals surface area contributed by atoms with Crippen molar-refractivity contribution in [2.45, 2.75) is 19.4 Å². The van der Waals surface area contributed by atoms with E-state index < -0.39 is 46.6 Å². The highest BCUT2D eigenvalue weighted by atomic mass is 35.5. The second-order valence-corrected chi connectivity index (χ2v) is 6.54. The average Bonchev–Trinajstić information content (AvgIpc) is 3.32. The van der Waals surface area contributed by atoms with Crippen LogP contribution in [0.25, 0.3) is 0 Å². The van der Waals surface area contributed by atoms with Crippen molar-refractivity contribution in [2.75, 3.05) is 5.32 Å². The molecule has 1 N–H and O–H groups in total. The van der Waals surface area contributed by atoms with Crippen molar-refractivity contribution in [3.63, 3.8) is 0 Å². The summed E-state index contributed by atoms with van der Waals surface area (Å²) in [7, 11) is 0. The summed E-state index contributed by atoms with van der Waals surface area (Å²) in [4.78, 5) is 22.5. The van der Waals surface area contributed by atoms with E-state index in [1.807, 2.05) is 0 Å². The molecule has 0 spiro atoms. The number of nitriles is 1. The minimum Gasteiger partial charge on any atom is -0.454 e. The fraction of sp³-hybridized carbons (Fsp3) is 0.167. The minimum absolute atomic E-state index is 0.0264. The fourth-order valence-corrected chi connectivity index (χ4v) is 3.00. The number of halogens is 5. The number of benzene rings is 1. The summed E-state index contributed by atoms with van der Waals surface area (Å²) in [6.07, 6.45) is -6.36. The largest absolute Gasteiger partial charge is 0.454 e. The number of furan rings is 1. The Balaban J connectivity index is 1.81. The average molecular weight is 472 g/mol. The summed E-state index contributed by atoms with van der Waals surface area (Å²) < 4.78 is 58.2. The zero-order valence-electron chi connectivity index (χ0n) is 15.6. The Labute approximate surface area is 180 Å². The summed E-state index contributed by atoms with van der Waals surface area (Å²) in [5.74, 6) is -1.21. The highest BCUT2D eigenvalue weighted by molar-refractivity contribution is 6.32. The van der Waals surface area contributed by atoms with Crippen LogP contribution < -0.4 is 5.32 Å². The molecule has 0 aliphatic carbocycles. The van der Waals surface area contributed by atoms with Gasteiger partial charge in [-0.2, -0.15) is 10.4 Å². The number of aromatic nitrogens is 2. The first-order valence-corrected chi connectivity index (χ1v) is 8.91. The van der Waals surface area contributed by atoms with E-state index >= 15 is 0 Å². The van der Waals surface area contributed by atoms with Gasteiger partial charge in [0.25, 0.3) is 24.4 Å². The van der Waals surface area contributed by atoms with Gasteiger partial charge in [-0.1, -0.05) is 11.6 Å². The van der Waals surface area contributed by atoms with Crippen LogP contribution in [-0.2, 0) is 6.54 Å². The third kappa shape index (κ3) is 4.54. The van der Waals surface area contributed by atoms with E-state index in [1.165, 1.54) is 12.1 Å². The van der Waals surface area contributed by atoms with Crippen LogP contribution in [-0.4, -0.2) is 20.6 Å². The lowest BCUT2D eigenvalue weighted by Gasteiger charge is -2.06. The molecule has 0 radical (unpaired) electrons. The molecule has 2 heterocycles. The molecule has 32 heavy (non-hydrogen) atoms. The van der Waals surface area contributed by atoms with Gasteiger partial charge in [0.1, 0.15) is 23.2 Å². The van der Waals surface area contributed by atoms with Crippen LogP contribution in [0, 0.1) is 21.4 Å². The lowest BCUT2D eigenvalue weighted by Crippen LogP contribution is -2.12. The van der Waals surface area contributed by atoms with Gasteiger partial charge in [-0.05, 0) is 18.2 Å². The van der Waals surface area contributed by atoms with Crippen molar-refractivity contribution in [2.24, 2.45) is 0 Å². The molecule has 0 unspecified atom stereocenters. The number of non-ortho nitro benzene ring substituents is 1. The molecular weight excluding hydrogens is 462 g/mol. The maximum Gasteiger partial charge on any atom is 0.291 e. The van der Waals surface area contributed by atoms with Gasteiger partial charge in [0.15, 0.2) is 5.76 Å². The van der Waals surface area contributed by atoms with Crippen molar-refractivity contribution in [1.29, 1.82) is 5.26 Å². The van der Waals surface area contributed by atoms with Crippen molar-refractivity contribution >= 4 is 28.9 Å². The van der Waals surface area contributed by atoms with Crippen LogP contribution in [0.2, 0.25) is 5.02 Å². The van der Waals surface area contributed by atoms with Gasteiger partial charge in [0.05, 0.1) is 27.7 Å². The highest BCUT2D eigenvalue weighted by Crippen LogP contribution is 2.35. The fourth-order valence-electron chi connectivity index (χ4n) is 2.70. The summed E-state index contributed by atoms with van der Waals surface area (Å²) in [6.45, 7) is -0.514. The first-order valence-electron chi connectivity index (χ1n) is 8.53. The van der Waals surface area contributed by atoms with Crippen LogP contribution in [0.5, 0.6) is 0 Å². The predicted molar refractivity (Wildman–Crippen MR) is 101 cm³/mol. The topological polar surface area (TPSA) is 127 Å². The number of hydrogen-bond donors (Lipinski definition) is 1. The van der Waals surface area contributed by atoms with Crippen molar-refractivity contribution in [3.05, 3.63) is 73.9 Å². The third-order valence-electron chi connectivity index (χ3n) is 4.14. The smallest absolute Gasteiger partial charge is 0.291 e. The van der Waals surface area contributed by atoms with Gasteiger partial charge < -0.3 is 9.73 Å². The van der Waals surface area contributed by atoms with Gasteiger partial charge >= 0.3 is 0 Å². The number of nitro benzene ring substituents is 1. The van der Waals surface area contributed by atoms with Gasteiger partial charge in [0, 0.05) is 12.1 Å². The molecule has 166 valence electrons. The molecule has 0 atom stereocenters. The Bertz CT molecular complexity index is 1230. The van der Waals surface area contributed by atoms with Crippen molar-refractivity contribution < 1.29 is 31.7 Å². The maximum atomic E-state index is 13.2. The number of carbonyl (C=O) groups is 1. The Kier molecular flexibility index (Phi) is 6.45. The summed E-state index contributed by atoms with van der Waals surface area (Å²) in [5.41, 5.74) is -2.48. The first-order chi connectivity index (χ1) is 15.1. The molecular formula is C18H10ClF4N5O4. The van der Waals surface area contributed by atoms with Crippen molar-refractivity contribution in [1.82, 2.24) is 9.78 Å². The molecule has 0 bridgehead atoms. The number of nitrogens with zero attached hydrogens (tertiary/aromatic N) is 4. The number of hydrogen-bond acceptors (Lipinski definition) is 6. The van der Waals surface area contributed by atoms with Crippen LogP contribution in [0.4, 0.5) is 28.9 Å². The van der Waals surface area contributed by atoms with Gasteiger partial charge in [0.2, 0.25) is 0 Å². The number of rotatable bonds is 7. The maximum absolute atomic E-state index is 13.2. The van der Waals surface area contributed by atoms with E-state index in [0.29, 0.717) is 4.68 Å². The predicted octanol–water partition coefficient (Wildman–Crippen LogP) is 5.09. The molecule has 1 amide bonds. The van der Waals surface area contributed by atoms with Gasteiger partial charge in [-0.15, -0.1) is 0 Å². The van der Waals surface area contributed by atoms with Crippen LogP contribution >= 0.6 is 11.6 Å². The molecule has 14 heteroatoms. The van der Waals surface area contributed by atoms with E-state index in [4.69, 9.17) is 21.3 Å². The van der Waals surface area contributed by atoms with Gasteiger partial charge in [-0.25, -0.2) is 17.6 Å². The van der Waals surface area contributed by atoms with Gasteiger partial charge in [-0.3, -0.25) is 19.6 Å². The molecule has 3 rings (SSSR count). The van der Waals surface area contributed by atoms with E-state index in [-0.39, 0.29) is 28.5 Å². The van der Waals surface area contributed by atoms with Crippen molar-refractivity contribution in [3.8, 4) is 6.07 Å². The van der Waals surface area contributed by atoms with E-state index in [0.717, 1.165) is 18.2 Å². The number of carbonyl (C=O) groups excluding carboxylic acids is 1. The lowest BCUT2D eigenvalue weighted by atomic mass is 10.1. The molecule has 2 aromatic heterocycles. The zero-order valence-corrected chi connectivity index (χ0v) is 16.3. The molecule has 0 fully saturated rings. The number of alkyl halides is 4. The second kappa shape index (κ2) is 9.06. The zero-order chi connectivity index (χ0) is 23.6. The van der Waals surface area contributed by atoms with Crippen LogP contribution in [0.1, 0.15) is 46.1 Å². The molecule has 3 aromatic rings. The summed E-state index contributed by atoms with van der Waals surface area (Å²) in [5, 5.41) is 24.8. The molecule has 9 nitrogen and oxygen atoms in total. The SMILES string of the molecule is N#Cc1cc([N+](=O)[O-])ccc1NC(=O)c1ccc(Cn2nc(C(F)F)c(Cl)c2C(F)F)o1. The Morgan fingerprint density at radius 3 is 2.59 bits per heavy atom. The third-order valence-corrected chi connectivity index (χ3v) is 4.53. The van der Waals surface area contributed by atoms with Crippen LogP contribution in [0.3, 0.4) is 0 Å². The monoisotopic (exact) mass is 471 g/mol. The second-order valence-electron chi connectivity index (χ2n) is 6.16. The molecule has 0 saturated carbocycles. The molecule has 1 aromatic carbocycles. The highest BCUT2D eigenvalue weighted by Gasteiger charge is 2.28. The number of anilines is 1. The lowest BCUT2D eigenvalue weighted by molar-refractivity contribution is -0.384. The molecule has 0 saturated heterocycles.